The Labute approximate surface area is 196 Å². The number of aromatic nitrogens is 2. The molecule has 2 atom stereocenters. The second-order valence-corrected chi connectivity index (χ2v) is 8.19. The molecule has 0 saturated carbocycles. The van der Waals surface area contributed by atoms with Gasteiger partial charge in [-0.15, -0.1) is 0 Å². The normalized spacial score (nSPS) is 17.6. The zero-order valence-corrected chi connectivity index (χ0v) is 18.7. The van der Waals surface area contributed by atoms with E-state index in [4.69, 9.17) is 9.72 Å². The van der Waals surface area contributed by atoms with E-state index in [1.807, 2.05) is 59.2 Å². The molecule has 1 amide bonds. The van der Waals surface area contributed by atoms with Crippen LogP contribution in [-0.2, 0) is 20.7 Å². The lowest BCUT2D eigenvalue weighted by atomic mass is 9.89. The number of fused-ring (bicyclic) bond motifs is 3. The number of amides is 1. The van der Waals surface area contributed by atoms with Gasteiger partial charge >= 0.3 is 5.97 Å². The largest absolute Gasteiger partial charge is 0.465 e. The maximum absolute atomic E-state index is 15.1. The van der Waals surface area contributed by atoms with E-state index in [0.29, 0.717) is 24.4 Å². The highest BCUT2D eigenvalue weighted by atomic mass is 19.1. The smallest absolute Gasteiger partial charge is 0.321 e. The van der Waals surface area contributed by atoms with E-state index in [1.165, 1.54) is 11.0 Å². The quantitative estimate of drug-likeness (QED) is 0.315. The molecule has 0 unspecified atom stereocenters. The molecule has 0 aliphatic carbocycles. The highest BCUT2D eigenvalue weighted by Gasteiger charge is 2.48. The average molecular weight is 458 g/mol. The van der Waals surface area contributed by atoms with Gasteiger partial charge < -0.3 is 9.30 Å². The highest BCUT2D eigenvalue weighted by Crippen LogP contribution is 2.42. The minimum atomic E-state index is -1.24. The van der Waals surface area contributed by atoms with Crippen molar-refractivity contribution in [3.8, 4) is 0 Å². The van der Waals surface area contributed by atoms with Gasteiger partial charge in [0.25, 0.3) is 0 Å². The van der Waals surface area contributed by atoms with E-state index in [1.54, 1.807) is 25.1 Å². The third-order valence-electron chi connectivity index (χ3n) is 6.18. The highest BCUT2D eigenvalue weighted by molar-refractivity contribution is 6.08. The SMILES string of the molecule is CCOC(=O)[C@H]1C(=O)N(CCc2ccccc2)c2nc3ccccc3n2[C@@H]1c1ccccc1F. The fourth-order valence-corrected chi connectivity index (χ4v) is 4.64. The molecule has 0 fully saturated rings. The Morgan fingerprint density at radius 2 is 1.71 bits per heavy atom. The van der Waals surface area contributed by atoms with Crippen molar-refractivity contribution >= 4 is 28.9 Å². The maximum Gasteiger partial charge on any atom is 0.321 e. The predicted octanol–water partition coefficient (Wildman–Crippen LogP) is 4.53. The molecular formula is C27H24FN3O3. The van der Waals surface area contributed by atoms with Crippen LogP contribution in [0.15, 0.2) is 78.9 Å². The molecule has 2 heterocycles. The molecule has 172 valence electrons. The number of halogens is 1. The fraction of sp³-hybridized carbons (Fsp3) is 0.222. The molecule has 5 rings (SSSR count). The molecule has 34 heavy (non-hydrogen) atoms. The first-order valence-electron chi connectivity index (χ1n) is 11.3. The van der Waals surface area contributed by atoms with Crippen LogP contribution in [0.1, 0.15) is 24.1 Å². The van der Waals surface area contributed by atoms with Crippen molar-refractivity contribution in [2.45, 2.75) is 19.4 Å². The summed E-state index contributed by atoms with van der Waals surface area (Å²) < 4.78 is 22.2. The van der Waals surface area contributed by atoms with E-state index in [0.717, 1.165) is 11.1 Å². The third kappa shape index (κ3) is 3.73. The lowest BCUT2D eigenvalue weighted by Gasteiger charge is -2.38. The van der Waals surface area contributed by atoms with Crippen molar-refractivity contribution in [3.05, 3.63) is 95.8 Å². The zero-order chi connectivity index (χ0) is 23.7. The first-order valence-corrected chi connectivity index (χ1v) is 11.3. The molecule has 0 spiro atoms. The molecule has 7 heteroatoms. The van der Waals surface area contributed by atoms with Crippen LogP contribution in [0.5, 0.6) is 0 Å². The van der Waals surface area contributed by atoms with E-state index in [9.17, 15) is 9.59 Å². The van der Waals surface area contributed by atoms with Gasteiger partial charge in [0.05, 0.1) is 23.7 Å². The summed E-state index contributed by atoms with van der Waals surface area (Å²) in [4.78, 5) is 33.3. The van der Waals surface area contributed by atoms with Gasteiger partial charge in [-0.2, -0.15) is 0 Å². The van der Waals surface area contributed by atoms with Crippen molar-refractivity contribution in [2.75, 3.05) is 18.1 Å². The summed E-state index contributed by atoms with van der Waals surface area (Å²) in [5.41, 5.74) is 2.70. The standard InChI is InChI=1S/C27H24FN3O3/c1-2-34-26(33)23-24(19-12-6-7-13-20(19)28)31-22-15-9-8-14-21(22)29-27(31)30(25(23)32)17-16-18-10-4-3-5-11-18/h3-15,23-24H,2,16-17H2,1H3/t23-,24-/m1/s1. The second-order valence-electron chi connectivity index (χ2n) is 8.19. The van der Waals surface area contributed by atoms with E-state index in [-0.39, 0.29) is 12.2 Å². The monoisotopic (exact) mass is 457 g/mol. The number of hydrogen-bond acceptors (Lipinski definition) is 4. The predicted molar refractivity (Wildman–Crippen MR) is 127 cm³/mol. The van der Waals surface area contributed by atoms with Gasteiger partial charge in [0, 0.05) is 12.1 Å². The summed E-state index contributed by atoms with van der Waals surface area (Å²) in [7, 11) is 0. The van der Waals surface area contributed by atoms with Crippen molar-refractivity contribution < 1.29 is 18.7 Å². The second kappa shape index (κ2) is 9.09. The number of hydrogen-bond donors (Lipinski definition) is 0. The molecular weight excluding hydrogens is 433 g/mol. The average Bonchev–Trinajstić information content (AvgIpc) is 3.23. The van der Waals surface area contributed by atoms with E-state index < -0.39 is 29.7 Å². The lowest BCUT2D eigenvalue weighted by Crippen LogP contribution is -2.51. The van der Waals surface area contributed by atoms with E-state index in [2.05, 4.69) is 0 Å². The summed E-state index contributed by atoms with van der Waals surface area (Å²) in [5, 5.41) is 0. The summed E-state index contributed by atoms with van der Waals surface area (Å²) in [6.45, 7) is 2.13. The summed E-state index contributed by atoms with van der Waals surface area (Å²) in [5.74, 6) is -2.44. The number of ether oxygens (including phenoxy) is 1. The van der Waals surface area contributed by atoms with Gasteiger partial charge in [-0.25, -0.2) is 9.37 Å². The van der Waals surface area contributed by atoms with E-state index >= 15 is 4.39 Å². The molecule has 6 nitrogen and oxygen atoms in total. The number of anilines is 1. The summed E-state index contributed by atoms with van der Waals surface area (Å²) in [6, 6.07) is 22.5. The topological polar surface area (TPSA) is 64.4 Å². The number of imidazole rings is 1. The van der Waals surface area contributed by atoms with Crippen molar-refractivity contribution in [2.24, 2.45) is 5.92 Å². The van der Waals surface area contributed by atoms with Crippen LogP contribution in [0.2, 0.25) is 0 Å². The zero-order valence-electron chi connectivity index (χ0n) is 18.7. The van der Waals surface area contributed by atoms with Crippen LogP contribution >= 0.6 is 0 Å². The number of carbonyl (C=O) groups excluding carboxylic acids is 2. The van der Waals surface area contributed by atoms with Crippen LogP contribution in [0, 0.1) is 11.7 Å². The first kappa shape index (κ1) is 21.8. The minimum absolute atomic E-state index is 0.119. The molecule has 0 bridgehead atoms. The number of rotatable bonds is 6. The van der Waals surface area contributed by atoms with Crippen molar-refractivity contribution in [1.82, 2.24) is 9.55 Å². The molecule has 1 aliphatic heterocycles. The number of carbonyl (C=O) groups is 2. The summed E-state index contributed by atoms with van der Waals surface area (Å²) in [6.07, 6.45) is 0.579. The van der Waals surface area contributed by atoms with Crippen LogP contribution in [0.4, 0.5) is 10.3 Å². The lowest BCUT2D eigenvalue weighted by molar-refractivity contribution is -0.153. The molecule has 3 aromatic carbocycles. The summed E-state index contributed by atoms with van der Waals surface area (Å²) >= 11 is 0. The Balaban J connectivity index is 1.70. The van der Waals surface area contributed by atoms with Gasteiger partial charge in [0.15, 0.2) is 5.92 Å². The van der Waals surface area contributed by atoms with Gasteiger partial charge in [0.2, 0.25) is 11.9 Å². The number of nitrogens with zero attached hydrogens (tertiary/aromatic N) is 3. The molecule has 0 radical (unpaired) electrons. The molecule has 1 aliphatic rings. The molecule has 0 N–H and O–H groups in total. The number of esters is 1. The number of benzene rings is 3. The van der Waals surface area contributed by atoms with Gasteiger partial charge in [-0.05, 0) is 37.1 Å². The van der Waals surface area contributed by atoms with Crippen LogP contribution in [0.25, 0.3) is 11.0 Å². The Bertz CT molecular complexity index is 1350. The van der Waals surface area contributed by atoms with Crippen molar-refractivity contribution in [1.29, 1.82) is 0 Å². The Morgan fingerprint density at radius 3 is 2.47 bits per heavy atom. The fourth-order valence-electron chi connectivity index (χ4n) is 4.64. The number of para-hydroxylation sites is 2. The van der Waals surface area contributed by atoms with Gasteiger partial charge in [-0.3, -0.25) is 14.5 Å². The Hall–Kier alpha value is -4.00. The Kier molecular flexibility index (Phi) is 5.84. The van der Waals surface area contributed by atoms with Crippen molar-refractivity contribution in [3.63, 3.8) is 0 Å². The Morgan fingerprint density at radius 1 is 1.00 bits per heavy atom. The molecule has 0 saturated heterocycles. The first-order chi connectivity index (χ1) is 16.6. The van der Waals surface area contributed by atoms with Crippen LogP contribution in [0.3, 0.4) is 0 Å². The molecule has 4 aromatic rings. The molecule has 1 aromatic heterocycles. The maximum atomic E-state index is 15.1. The minimum Gasteiger partial charge on any atom is -0.465 e. The van der Waals surface area contributed by atoms with Crippen LogP contribution < -0.4 is 4.90 Å². The van der Waals surface area contributed by atoms with Gasteiger partial charge in [-0.1, -0.05) is 60.7 Å². The van der Waals surface area contributed by atoms with Crippen LogP contribution in [-0.4, -0.2) is 34.6 Å². The van der Waals surface area contributed by atoms with Gasteiger partial charge in [0.1, 0.15) is 5.82 Å². The third-order valence-corrected chi connectivity index (χ3v) is 6.18.